The Kier molecular flexibility index (Phi) is 11.1. The van der Waals surface area contributed by atoms with Crippen molar-refractivity contribution in [2.45, 2.75) is 50.5 Å². The zero-order valence-electron chi connectivity index (χ0n) is 33.5. The highest BCUT2D eigenvalue weighted by molar-refractivity contribution is 6.43. The minimum Gasteiger partial charge on any atom is -0.386 e. The average molecular weight is 871 g/mol. The number of ether oxygens (including phenoxy) is 5. The average Bonchev–Trinajstić information content (AvgIpc) is 3.93. The van der Waals surface area contributed by atoms with Gasteiger partial charge in [0.25, 0.3) is 11.8 Å². The van der Waals surface area contributed by atoms with E-state index < -0.39 is 42.5 Å². The number of benzene rings is 6. The molecule has 4 heterocycles. The number of hydrogen-bond donors (Lipinski definition) is 2. The highest BCUT2D eigenvalue weighted by Gasteiger charge is 2.49. The number of hydrogen-bond acceptors (Lipinski definition) is 8. The number of halogens is 2. The number of fused-ring (bicyclic) bond motifs is 10. The van der Waals surface area contributed by atoms with Gasteiger partial charge in [0.1, 0.15) is 31.1 Å². The lowest BCUT2D eigenvalue weighted by Gasteiger charge is -2.44. The highest BCUT2D eigenvalue weighted by atomic mass is 35.5. The van der Waals surface area contributed by atoms with Gasteiger partial charge in [0, 0.05) is 28.7 Å². The Balaban J connectivity index is 1.16. The smallest absolute Gasteiger partial charge is 0.264 e. The van der Waals surface area contributed by atoms with Gasteiger partial charge in [0.2, 0.25) is 0 Å². The largest absolute Gasteiger partial charge is 0.386 e. The summed E-state index contributed by atoms with van der Waals surface area (Å²) < 4.78 is 33.8. The summed E-state index contributed by atoms with van der Waals surface area (Å²) in [5.74, 6) is -1.03. The molecule has 2 aromatic heterocycles. The molecule has 6 aromatic carbocycles. The van der Waals surface area contributed by atoms with Gasteiger partial charge in [-0.2, -0.15) is 0 Å². The van der Waals surface area contributed by atoms with Crippen LogP contribution in [0.15, 0.2) is 127 Å². The number of carbonyl (C=O) groups excluding carboxylic acids is 2. The Morgan fingerprint density at radius 1 is 0.645 bits per heavy atom. The summed E-state index contributed by atoms with van der Waals surface area (Å²) in [5, 5.41) is 15.6. The summed E-state index contributed by atoms with van der Waals surface area (Å²) >= 11 is 14.1. The molecule has 62 heavy (non-hydrogen) atoms. The molecule has 13 heteroatoms. The van der Waals surface area contributed by atoms with Gasteiger partial charge in [-0.3, -0.25) is 9.59 Å². The summed E-state index contributed by atoms with van der Waals surface area (Å²) in [6.45, 7) is 0.494. The second-order valence-electron chi connectivity index (χ2n) is 15.5. The zero-order valence-corrected chi connectivity index (χ0v) is 35.0. The highest BCUT2D eigenvalue weighted by Crippen LogP contribution is 2.49. The third kappa shape index (κ3) is 6.95. The van der Waals surface area contributed by atoms with Gasteiger partial charge < -0.3 is 38.3 Å². The minimum atomic E-state index is -1.35. The monoisotopic (exact) mass is 869 g/mol. The van der Waals surface area contributed by atoms with Crippen LogP contribution in [0.5, 0.6) is 0 Å². The maximum atomic E-state index is 14.9. The van der Waals surface area contributed by atoms with Crippen molar-refractivity contribution in [3.05, 3.63) is 165 Å². The number of aliphatic hydroxyl groups is 1. The Morgan fingerprint density at radius 2 is 1.23 bits per heavy atom. The summed E-state index contributed by atoms with van der Waals surface area (Å²) in [4.78, 5) is 34.2. The zero-order chi connectivity index (χ0) is 42.5. The van der Waals surface area contributed by atoms with Gasteiger partial charge in [-0.25, -0.2) is 4.90 Å². The van der Waals surface area contributed by atoms with Gasteiger partial charge >= 0.3 is 0 Å². The molecule has 11 nitrogen and oxygen atoms in total. The van der Waals surface area contributed by atoms with Crippen LogP contribution >= 0.6 is 23.2 Å². The number of aromatic amines is 1. The Morgan fingerprint density at radius 3 is 1.87 bits per heavy atom. The number of amides is 2. The van der Waals surface area contributed by atoms with Gasteiger partial charge in [-0.1, -0.05) is 138 Å². The van der Waals surface area contributed by atoms with Crippen LogP contribution in [-0.4, -0.2) is 76.2 Å². The van der Waals surface area contributed by atoms with Crippen LogP contribution < -0.4 is 0 Å². The van der Waals surface area contributed by atoms with E-state index in [9.17, 15) is 14.7 Å². The van der Waals surface area contributed by atoms with E-state index in [2.05, 4.69) is 4.98 Å². The van der Waals surface area contributed by atoms with E-state index in [1.807, 2.05) is 108 Å². The fraction of sp³-hybridized carbons (Fsp3) is 0.224. The summed E-state index contributed by atoms with van der Waals surface area (Å²) in [7, 11) is 1.56. The van der Waals surface area contributed by atoms with Crippen molar-refractivity contribution in [1.29, 1.82) is 0 Å². The van der Waals surface area contributed by atoms with Gasteiger partial charge in [-0.15, -0.1) is 0 Å². The van der Waals surface area contributed by atoms with E-state index in [1.54, 1.807) is 31.4 Å². The Hall–Kier alpha value is -5.60. The number of H-pyrrole nitrogens is 1. The molecule has 0 unspecified atom stereocenters. The summed E-state index contributed by atoms with van der Waals surface area (Å²) in [6, 6.07) is 39.8. The number of para-hydroxylation sites is 2. The van der Waals surface area contributed by atoms with E-state index in [1.165, 1.54) is 0 Å². The lowest BCUT2D eigenvalue weighted by molar-refractivity contribution is -0.270. The first-order chi connectivity index (χ1) is 30.3. The van der Waals surface area contributed by atoms with E-state index in [0.29, 0.717) is 60.3 Å². The number of nitrogens with zero attached hydrogens (tertiary/aromatic N) is 2. The molecule has 2 aliphatic rings. The predicted molar refractivity (Wildman–Crippen MR) is 237 cm³/mol. The first kappa shape index (κ1) is 40.5. The molecule has 2 aliphatic heterocycles. The van der Waals surface area contributed by atoms with Crippen molar-refractivity contribution in [3.63, 3.8) is 0 Å². The number of methoxy groups -OCH3 is 1. The normalized spacial score (nSPS) is 20.3. The number of imide groups is 1. The second kappa shape index (κ2) is 16.9. The molecule has 1 saturated heterocycles. The molecule has 0 saturated carbocycles. The molecule has 5 atom stereocenters. The van der Waals surface area contributed by atoms with Crippen LogP contribution in [0.3, 0.4) is 0 Å². The molecule has 10 rings (SSSR count). The number of aromatic nitrogens is 2. The van der Waals surface area contributed by atoms with Gasteiger partial charge in [-0.05, 0) is 28.8 Å². The van der Waals surface area contributed by atoms with E-state index >= 15 is 0 Å². The van der Waals surface area contributed by atoms with Gasteiger partial charge in [0.05, 0.1) is 69.7 Å². The minimum absolute atomic E-state index is 0.0877. The Labute approximate surface area is 366 Å². The van der Waals surface area contributed by atoms with Gasteiger partial charge in [0.15, 0.2) is 6.23 Å². The summed E-state index contributed by atoms with van der Waals surface area (Å²) in [6.07, 6.45) is -4.96. The molecule has 314 valence electrons. The lowest BCUT2D eigenvalue weighted by Crippen LogP contribution is -2.58. The third-order valence-corrected chi connectivity index (χ3v) is 12.5. The summed E-state index contributed by atoms with van der Waals surface area (Å²) in [5.41, 5.74) is 5.22. The van der Waals surface area contributed by atoms with Crippen LogP contribution in [0.1, 0.15) is 43.6 Å². The van der Waals surface area contributed by atoms with E-state index in [4.69, 9.17) is 46.9 Å². The number of nitrogens with one attached hydrogen (secondary N) is 1. The molecular formula is C49H41Cl2N3O8. The first-order valence-corrected chi connectivity index (χ1v) is 21.1. The van der Waals surface area contributed by atoms with Crippen molar-refractivity contribution in [2.75, 3.05) is 20.4 Å². The SMILES string of the molecule is CO[C@H]1[C@H](OCc2ccccc2)[C@@H](O)[C@H](n2c3c(Cl)cccc3c3c4c(c5c6cccc(Cl)c6[nH]c5c32)C(=O)N(COCc2ccccc2)C4=O)O[C@@H]1COCc1ccccc1. The molecule has 8 aromatic rings. The standard InChI is InChI=1S/C49H41Cl2N3O8/c1-58-45-35(26-59-23-28-13-5-2-6-14-28)62-49(44(55)46(45)61-25-30-17-9-4-10-18-30)54-42-32(20-12-22-34(42)51)37-39-38(36-31-19-11-21-33(50)40(31)52-41(36)43(37)54)47(56)53(48(39)57)27-60-24-29-15-7-3-8-16-29/h2-22,35,44-46,49,52,55H,23-27H2,1H3/t35-,44-,45-,46-,49-/m1/s1. The van der Waals surface area contributed by atoms with Crippen LogP contribution in [0, 0.1) is 0 Å². The molecule has 0 spiro atoms. The molecule has 2 N–H and O–H groups in total. The molecule has 0 bridgehead atoms. The number of rotatable bonds is 13. The topological polar surface area (TPSA) is 124 Å². The fourth-order valence-corrected chi connectivity index (χ4v) is 9.53. The molecular weight excluding hydrogens is 829 g/mol. The number of carbonyl (C=O) groups is 2. The third-order valence-electron chi connectivity index (χ3n) is 11.8. The molecule has 2 amide bonds. The van der Waals surface area contributed by atoms with Crippen LogP contribution in [0.25, 0.3) is 43.6 Å². The van der Waals surface area contributed by atoms with Crippen LogP contribution in [0.2, 0.25) is 10.0 Å². The maximum Gasteiger partial charge on any atom is 0.264 e. The maximum absolute atomic E-state index is 14.9. The van der Waals surface area contributed by atoms with Crippen molar-refractivity contribution in [1.82, 2.24) is 14.5 Å². The predicted octanol–water partition coefficient (Wildman–Crippen LogP) is 9.58. The van der Waals surface area contributed by atoms with Crippen LogP contribution in [-0.2, 0) is 43.5 Å². The van der Waals surface area contributed by atoms with E-state index in [0.717, 1.165) is 21.6 Å². The first-order valence-electron chi connectivity index (χ1n) is 20.3. The van der Waals surface area contributed by atoms with E-state index in [-0.39, 0.29) is 37.7 Å². The Bertz CT molecular complexity index is 2960. The molecule has 0 aliphatic carbocycles. The second-order valence-corrected chi connectivity index (χ2v) is 16.4. The fourth-order valence-electron chi connectivity index (χ4n) is 9.05. The number of aliphatic hydroxyl groups excluding tert-OH is 1. The van der Waals surface area contributed by atoms with Crippen molar-refractivity contribution >= 4 is 78.6 Å². The van der Waals surface area contributed by atoms with Crippen molar-refractivity contribution < 1.29 is 38.4 Å². The molecule has 0 radical (unpaired) electrons. The van der Waals surface area contributed by atoms with Crippen molar-refractivity contribution in [2.24, 2.45) is 0 Å². The van der Waals surface area contributed by atoms with Crippen LogP contribution in [0.4, 0.5) is 0 Å². The van der Waals surface area contributed by atoms with Crippen molar-refractivity contribution in [3.8, 4) is 0 Å². The lowest BCUT2D eigenvalue weighted by atomic mass is 9.96. The quantitative estimate of drug-likeness (QED) is 0.110. The molecule has 1 fully saturated rings.